The van der Waals surface area contributed by atoms with Crippen LogP contribution in [-0.2, 0) is 4.79 Å². The first kappa shape index (κ1) is 14.6. The van der Waals surface area contributed by atoms with Crippen LogP contribution in [0.4, 0.5) is 5.69 Å². The van der Waals surface area contributed by atoms with E-state index in [1.54, 1.807) is 17.1 Å². The maximum atomic E-state index is 11.5. The topological polar surface area (TPSA) is 67.2 Å². The van der Waals surface area contributed by atoms with E-state index in [-0.39, 0.29) is 6.04 Å². The average molecular weight is 338 g/mol. The van der Waals surface area contributed by atoms with E-state index >= 15 is 0 Å². The summed E-state index contributed by atoms with van der Waals surface area (Å²) in [5, 5.41) is 16.6. The molecule has 0 spiro atoms. The first-order valence-corrected chi connectivity index (χ1v) is 7.06. The fourth-order valence-electron chi connectivity index (χ4n) is 1.81. The van der Waals surface area contributed by atoms with Crippen LogP contribution in [0.3, 0.4) is 0 Å². The Kier molecular flexibility index (Phi) is 4.44. The lowest BCUT2D eigenvalue weighted by Crippen LogP contribution is -2.20. The monoisotopic (exact) mass is 337 g/mol. The first-order chi connectivity index (χ1) is 9.49. The molecule has 20 heavy (non-hydrogen) atoms. The van der Waals surface area contributed by atoms with E-state index in [2.05, 4.69) is 26.3 Å². The minimum atomic E-state index is -0.941. The SMILES string of the molecule is CC(C)n1cc(C(Nc2ccccc2Br)C(=O)O)cn1. The van der Waals surface area contributed by atoms with E-state index in [1.807, 2.05) is 38.1 Å². The quantitative estimate of drug-likeness (QED) is 0.876. The fourth-order valence-corrected chi connectivity index (χ4v) is 2.20. The molecule has 1 aromatic carbocycles. The Bertz CT molecular complexity index is 610. The summed E-state index contributed by atoms with van der Waals surface area (Å²) in [4.78, 5) is 11.5. The molecular weight excluding hydrogens is 322 g/mol. The van der Waals surface area contributed by atoms with Gasteiger partial charge < -0.3 is 10.4 Å². The molecule has 0 aliphatic rings. The van der Waals surface area contributed by atoms with E-state index in [0.717, 1.165) is 10.2 Å². The van der Waals surface area contributed by atoms with Gasteiger partial charge in [-0.2, -0.15) is 5.10 Å². The summed E-state index contributed by atoms with van der Waals surface area (Å²) >= 11 is 3.40. The highest BCUT2D eigenvalue weighted by atomic mass is 79.9. The number of nitrogens with one attached hydrogen (secondary N) is 1. The molecule has 2 N–H and O–H groups in total. The third-order valence-corrected chi connectivity index (χ3v) is 3.60. The molecule has 5 nitrogen and oxygen atoms in total. The second-order valence-electron chi connectivity index (χ2n) is 4.74. The van der Waals surface area contributed by atoms with E-state index in [9.17, 15) is 9.90 Å². The van der Waals surface area contributed by atoms with Gasteiger partial charge in [0.25, 0.3) is 0 Å². The number of aliphatic carboxylic acids is 1. The van der Waals surface area contributed by atoms with Crippen LogP contribution in [0.1, 0.15) is 31.5 Å². The zero-order valence-corrected chi connectivity index (χ0v) is 12.8. The van der Waals surface area contributed by atoms with Gasteiger partial charge in [0, 0.05) is 28.0 Å². The number of hydrogen-bond donors (Lipinski definition) is 2. The van der Waals surface area contributed by atoms with Crippen LogP contribution in [0.25, 0.3) is 0 Å². The third-order valence-electron chi connectivity index (χ3n) is 2.90. The number of carboxylic acids is 1. The summed E-state index contributed by atoms with van der Waals surface area (Å²) in [6.07, 6.45) is 3.34. The molecule has 0 bridgehead atoms. The van der Waals surface area contributed by atoms with Crippen LogP contribution in [0, 0.1) is 0 Å². The van der Waals surface area contributed by atoms with Crippen LogP contribution in [0.2, 0.25) is 0 Å². The van der Waals surface area contributed by atoms with Crippen LogP contribution in [-0.4, -0.2) is 20.9 Å². The summed E-state index contributed by atoms with van der Waals surface area (Å²) in [5.41, 5.74) is 1.36. The van der Waals surface area contributed by atoms with E-state index in [1.165, 1.54) is 0 Å². The molecule has 1 aromatic heterocycles. The number of carboxylic acid groups (broad SMARTS) is 1. The van der Waals surface area contributed by atoms with E-state index < -0.39 is 12.0 Å². The lowest BCUT2D eigenvalue weighted by atomic mass is 10.1. The summed E-state index contributed by atoms with van der Waals surface area (Å²) < 4.78 is 2.56. The van der Waals surface area contributed by atoms with Crippen molar-refractivity contribution >= 4 is 27.6 Å². The Morgan fingerprint density at radius 1 is 1.40 bits per heavy atom. The van der Waals surface area contributed by atoms with Gasteiger partial charge >= 0.3 is 5.97 Å². The molecule has 106 valence electrons. The van der Waals surface area contributed by atoms with Crippen LogP contribution >= 0.6 is 15.9 Å². The molecule has 2 rings (SSSR count). The number of carbonyl (C=O) groups is 1. The summed E-state index contributed by atoms with van der Waals surface area (Å²) in [6, 6.07) is 6.78. The Labute approximate surface area is 125 Å². The minimum Gasteiger partial charge on any atom is -0.479 e. The summed E-state index contributed by atoms with van der Waals surface area (Å²) in [5.74, 6) is -0.941. The molecule has 0 radical (unpaired) electrons. The van der Waals surface area contributed by atoms with Gasteiger partial charge in [-0.15, -0.1) is 0 Å². The van der Waals surface area contributed by atoms with Gasteiger partial charge in [0.05, 0.1) is 6.20 Å². The molecule has 2 aromatic rings. The Balaban J connectivity index is 2.27. The molecule has 6 heteroatoms. The van der Waals surface area contributed by atoms with Crippen LogP contribution in [0.5, 0.6) is 0 Å². The number of para-hydroxylation sites is 1. The molecule has 1 unspecified atom stereocenters. The standard InChI is InChI=1S/C14H16BrN3O2/c1-9(2)18-8-10(7-16-18)13(14(19)20)17-12-6-4-3-5-11(12)15/h3-9,13,17H,1-2H3,(H,19,20). The highest BCUT2D eigenvalue weighted by Crippen LogP contribution is 2.26. The van der Waals surface area contributed by atoms with Crippen molar-refractivity contribution in [3.8, 4) is 0 Å². The molecule has 0 fully saturated rings. The normalized spacial score (nSPS) is 12.4. The van der Waals surface area contributed by atoms with Crippen LogP contribution < -0.4 is 5.32 Å². The van der Waals surface area contributed by atoms with Crippen molar-refractivity contribution in [2.45, 2.75) is 25.9 Å². The zero-order valence-electron chi connectivity index (χ0n) is 11.2. The summed E-state index contributed by atoms with van der Waals surface area (Å²) in [7, 11) is 0. The molecule has 0 aliphatic carbocycles. The lowest BCUT2D eigenvalue weighted by molar-refractivity contribution is -0.138. The van der Waals surface area contributed by atoms with Crippen molar-refractivity contribution in [1.82, 2.24) is 9.78 Å². The molecule has 0 aliphatic heterocycles. The Morgan fingerprint density at radius 2 is 2.10 bits per heavy atom. The fraction of sp³-hybridized carbons (Fsp3) is 0.286. The first-order valence-electron chi connectivity index (χ1n) is 6.27. The number of halogens is 1. The van der Waals surface area contributed by atoms with Crippen molar-refractivity contribution in [2.24, 2.45) is 0 Å². The van der Waals surface area contributed by atoms with Gasteiger partial charge in [-0.05, 0) is 41.9 Å². The zero-order chi connectivity index (χ0) is 14.7. The Hall–Kier alpha value is -1.82. The number of hydrogen-bond acceptors (Lipinski definition) is 3. The van der Waals surface area contributed by atoms with Gasteiger partial charge in [0.2, 0.25) is 0 Å². The maximum absolute atomic E-state index is 11.5. The van der Waals surface area contributed by atoms with Crippen molar-refractivity contribution in [1.29, 1.82) is 0 Å². The maximum Gasteiger partial charge on any atom is 0.330 e. The Morgan fingerprint density at radius 3 is 2.65 bits per heavy atom. The highest BCUT2D eigenvalue weighted by molar-refractivity contribution is 9.10. The smallest absolute Gasteiger partial charge is 0.330 e. The number of anilines is 1. The number of aromatic nitrogens is 2. The van der Waals surface area contributed by atoms with Gasteiger partial charge in [0.15, 0.2) is 6.04 Å². The second kappa shape index (κ2) is 6.09. The van der Waals surface area contributed by atoms with Gasteiger partial charge in [-0.3, -0.25) is 4.68 Å². The molecule has 0 saturated carbocycles. The largest absolute Gasteiger partial charge is 0.479 e. The lowest BCUT2D eigenvalue weighted by Gasteiger charge is -2.15. The van der Waals surface area contributed by atoms with Crippen molar-refractivity contribution in [3.63, 3.8) is 0 Å². The van der Waals surface area contributed by atoms with Crippen molar-refractivity contribution < 1.29 is 9.90 Å². The predicted molar refractivity (Wildman–Crippen MR) is 80.8 cm³/mol. The van der Waals surface area contributed by atoms with E-state index in [0.29, 0.717) is 5.56 Å². The molecular formula is C14H16BrN3O2. The number of rotatable bonds is 5. The molecule has 0 amide bonds. The van der Waals surface area contributed by atoms with Crippen molar-refractivity contribution in [2.75, 3.05) is 5.32 Å². The number of benzene rings is 1. The van der Waals surface area contributed by atoms with Gasteiger partial charge in [-0.1, -0.05) is 12.1 Å². The minimum absolute atomic E-state index is 0.196. The summed E-state index contributed by atoms with van der Waals surface area (Å²) in [6.45, 7) is 3.99. The molecule has 1 atom stereocenters. The van der Waals surface area contributed by atoms with Gasteiger partial charge in [0.1, 0.15) is 0 Å². The van der Waals surface area contributed by atoms with Crippen LogP contribution in [0.15, 0.2) is 41.1 Å². The third kappa shape index (κ3) is 3.19. The van der Waals surface area contributed by atoms with Gasteiger partial charge in [-0.25, -0.2) is 4.79 Å². The molecule has 0 saturated heterocycles. The van der Waals surface area contributed by atoms with Crippen molar-refractivity contribution in [3.05, 3.63) is 46.7 Å². The number of nitrogens with zero attached hydrogens (tertiary/aromatic N) is 2. The predicted octanol–water partition coefficient (Wildman–Crippen LogP) is 3.46. The second-order valence-corrected chi connectivity index (χ2v) is 5.60. The molecule has 1 heterocycles. The highest BCUT2D eigenvalue weighted by Gasteiger charge is 2.22. The average Bonchev–Trinajstić information content (AvgIpc) is 2.87. The van der Waals surface area contributed by atoms with E-state index in [4.69, 9.17) is 0 Å².